The molecular formula is C24H33N5O. The molecule has 1 aromatic carbocycles. The van der Waals surface area contributed by atoms with Gasteiger partial charge in [0.05, 0.1) is 0 Å². The lowest BCUT2D eigenvalue weighted by Gasteiger charge is -2.36. The number of aryl methyl sites for hydroxylation is 3. The van der Waals surface area contributed by atoms with Gasteiger partial charge < -0.3 is 15.1 Å². The number of amides is 1. The monoisotopic (exact) mass is 407 g/mol. The molecule has 2 aromatic rings. The second-order valence-corrected chi connectivity index (χ2v) is 8.77. The maximum absolute atomic E-state index is 13.0. The van der Waals surface area contributed by atoms with E-state index in [-0.39, 0.29) is 5.91 Å². The molecule has 4 rings (SSSR count). The van der Waals surface area contributed by atoms with Gasteiger partial charge in [-0.2, -0.15) is 4.98 Å². The summed E-state index contributed by atoms with van der Waals surface area (Å²) in [5.41, 5.74) is 4.02. The summed E-state index contributed by atoms with van der Waals surface area (Å²) in [6.45, 7) is 9.09. The van der Waals surface area contributed by atoms with Crippen LogP contribution in [0, 0.1) is 20.8 Å². The van der Waals surface area contributed by atoms with E-state index in [1.54, 1.807) is 0 Å². The molecule has 0 radical (unpaired) electrons. The van der Waals surface area contributed by atoms with Gasteiger partial charge in [0.25, 0.3) is 5.91 Å². The second kappa shape index (κ2) is 9.02. The first-order valence-electron chi connectivity index (χ1n) is 11.2. The highest BCUT2D eigenvalue weighted by molar-refractivity contribution is 5.95. The number of anilines is 2. The molecule has 1 aliphatic carbocycles. The second-order valence-electron chi connectivity index (χ2n) is 8.77. The van der Waals surface area contributed by atoms with Crippen molar-refractivity contribution >= 4 is 17.7 Å². The zero-order valence-corrected chi connectivity index (χ0v) is 18.4. The largest absolute Gasteiger partial charge is 0.353 e. The fraction of sp³-hybridized carbons (Fsp3) is 0.542. The summed E-state index contributed by atoms with van der Waals surface area (Å²) >= 11 is 0. The number of carbonyl (C=O) groups is 1. The normalized spacial score (nSPS) is 17.8. The summed E-state index contributed by atoms with van der Waals surface area (Å²) < 4.78 is 0. The zero-order valence-electron chi connectivity index (χ0n) is 18.4. The van der Waals surface area contributed by atoms with Crippen LogP contribution in [0.15, 0.2) is 24.3 Å². The van der Waals surface area contributed by atoms with Gasteiger partial charge in [-0.25, -0.2) is 4.98 Å². The van der Waals surface area contributed by atoms with Gasteiger partial charge in [0, 0.05) is 49.5 Å². The van der Waals surface area contributed by atoms with Gasteiger partial charge in [0.2, 0.25) is 5.95 Å². The van der Waals surface area contributed by atoms with Crippen LogP contribution in [0.1, 0.15) is 59.3 Å². The summed E-state index contributed by atoms with van der Waals surface area (Å²) in [4.78, 5) is 26.6. The van der Waals surface area contributed by atoms with Gasteiger partial charge in [0.1, 0.15) is 5.82 Å². The third kappa shape index (κ3) is 4.74. The molecule has 6 heteroatoms. The van der Waals surface area contributed by atoms with Crippen molar-refractivity contribution in [3.63, 3.8) is 0 Å². The third-order valence-corrected chi connectivity index (χ3v) is 6.28. The Morgan fingerprint density at radius 2 is 1.70 bits per heavy atom. The van der Waals surface area contributed by atoms with Crippen molar-refractivity contribution in [3.05, 3.63) is 46.6 Å². The SMILES string of the molecule is Cc1ccc(C(=O)N2CCN(c3cc(C)nc(NC4CCCCC4)n3)CC2)c(C)c1. The lowest BCUT2D eigenvalue weighted by atomic mass is 9.96. The lowest BCUT2D eigenvalue weighted by Crippen LogP contribution is -2.49. The number of nitrogens with zero attached hydrogens (tertiary/aromatic N) is 4. The highest BCUT2D eigenvalue weighted by Crippen LogP contribution is 2.23. The molecule has 1 amide bonds. The van der Waals surface area contributed by atoms with E-state index in [1.165, 1.54) is 37.7 Å². The highest BCUT2D eigenvalue weighted by Gasteiger charge is 2.24. The van der Waals surface area contributed by atoms with Crippen LogP contribution in [0.5, 0.6) is 0 Å². The van der Waals surface area contributed by atoms with Gasteiger partial charge in [-0.05, 0) is 45.2 Å². The smallest absolute Gasteiger partial charge is 0.254 e. The van der Waals surface area contributed by atoms with Crippen molar-refractivity contribution in [1.29, 1.82) is 0 Å². The molecule has 1 saturated carbocycles. The van der Waals surface area contributed by atoms with Crippen LogP contribution >= 0.6 is 0 Å². The van der Waals surface area contributed by atoms with Crippen molar-refractivity contribution in [2.75, 3.05) is 36.4 Å². The van der Waals surface area contributed by atoms with Crippen LogP contribution in [0.25, 0.3) is 0 Å². The van der Waals surface area contributed by atoms with Crippen LogP contribution < -0.4 is 10.2 Å². The number of hydrogen-bond donors (Lipinski definition) is 1. The molecular weight excluding hydrogens is 374 g/mol. The van der Waals surface area contributed by atoms with Gasteiger partial charge in [-0.3, -0.25) is 4.79 Å². The minimum atomic E-state index is 0.130. The van der Waals surface area contributed by atoms with Crippen molar-refractivity contribution in [3.8, 4) is 0 Å². The molecule has 1 aliphatic heterocycles. The maximum Gasteiger partial charge on any atom is 0.254 e. The van der Waals surface area contributed by atoms with Gasteiger partial charge in [-0.15, -0.1) is 0 Å². The van der Waals surface area contributed by atoms with E-state index >= 15 is 0 Å². The molecule has 30 heavy (non-hydrogen) atoms. The van der Waals surface area contributed by atoms with E-state index in [9.17, 15) is 4.79 Å². The Bertz CT molecular complexity index is 898. The van der Waals surface area contributed by atoms with Gasteiger partial charge in [0.15, 0.2) is 0 Å². The van der Waals surface area contributed by atoms with E-state index in [2.05, 4.69) is 28.2 Å². The average Bonchev–Trinajstić information content (AvgIpc) is 2.74. The number of carbonyl (C=O) groups excluding carboxylic acids is 1. The number of hydrogen-bond acceptors (Lipinski definition) is 5. The Balaban J connectivity index is 1.40. The maximum atomic E-state index is 13.0. The molecule has 2 heterocycles. The molecule has 6 nitrogen and oxygen atoms in total. The van der Waals surface area contributed by atoms with Crippen LogP contribution in [0.3, 0.4) is 0 Å². The fourth-order valence-corrected chi connectivity index (χ4v) is 4.57. The topological polar surface area (TPSA) is 61.4 Å². The van der Waals surface area contributed by atoms with Crippen molar-refractivity contribution in [1.82, 2.24) is 14.9 Å². The van der Waals surface area contributed by atoms with Crippen LogP contribution in [-0.4, -0.2) is 53.0 Å². The summed E-state index contributed by atoms with van der Waals surface area (Å²) in [5, 5.41) is 3.55. The standard InChI is InChI=1S/C24H33N5O/c1-17-9-10-21(18(2)15-17)23(30)29-13-11-28(12-14-29)22-16-19(3)25-24(27-22)26-20-7-5-4-6-8-20/h9-10,15-16,20H,4-8,11-14H2,1-3H3,(H,25,26,27). The van der Waals surface area contributed by atoms with Gasteiger partial charge in [-0.1, -0.05) is 37.0 Å². The molecule has 2 aliphatic rings. The first-order valence-corrected chi connectivity index (χ1v) is 11.2. The Morgan fingerprint density at radius 1 is 0.967 bits per heavy atom. The minimum absolute atomic E-state index is 0.130. The summed E-state index contributed by atoms with van der Waals surface area (Å²) in [6.07, 6.45) is 6.31. The predicted octanol–water partition coefficient (Wildman–Crippen LogP) is 4.11. The summed E-state index contributed by atoms with van der Waals surface area (Å²) in [7, 11) is 0. The molecule has 1 aromatic heterocycles. The molecule has 1 N–H and O–H groups in total. The van der Waals surface area contributed by atoms with E-state index in [1.807, 2.05) is 36.9 Å². The predicted molar refractivity (Wildman–Crippen MR) is 121 cm³/mol. The Labute approximate surface area is 179 Å². The first kappa shape index (κ1) is 20.6. The third-order valence-electron chi connectivity index (χ3n) is 6.28. The zero-order chi connectivity index (χ0) is 21.1. The Morgan fingerprint density at radius 3 is 2.40 bits per heavy atom. The van der Waals surface area contributed by atoms with Crippen LogP contribution in [-0.2, 0) is 0 Å². The Kier molecular flexibility index (Phi) is 6.21. The molecule has 0 atom stereocenters. The van der Waals surface area contributed by atoms with E-state index in [0.29, 0.717) is 19.1 Å². The molecule has 0 unspecified atom stereocenters. The fourth-order valence-electron chi connectivity index (χ4n) is 4.57. The highest BCUT2D eigenvalue weighted by atomic mass is 16.2. The van der Waals surface area contributed by atoms with Crippen LogP contribution in [0.4, 0.5) is 11.8 Å². The summed E-state index contributed by atoms with van der Waals surface area (Å²) in [5.74, 6) is 1.83. The summed E-state index contributed by atoms with van der Waals surface area (Å²) in [6, 6.07) is 8.58. The van der Waals surface area contributed by atoms with Gasteiger partial charge >= 0.3 is 0 Å². The number of aromatic nitrogens is 2. The Hall–Kier alpha value is -2.63. The molecule has 0 spiro atoms. The molecule has 0 bridgehead atoms. The average molecular weight is 408 g/mol. The first-order chi connectivity index (χ1) is 14.5. The van der Waals surface area contributed by atoms with Crippen molar-refractivity contribution in [2.45, 2.75) is 58.9 Å². The lowest BCUT2D eigenvalue weighted by molar-refractivity contribution is 0.0745. The van der Waals surface area contributed by atoms with Crippen molar-refractivity contribution < 1.29 is 4.79 Å². The van der Waals surface area contributed by atoms with E-state index in [4.69, 9.17) is 4.98 Å². The van der Waals surface area contributed by atoms with Crippen LogP contribution in [0.2, 0.25) is 0 Å². The minimum Gasteiger partial charge on any atom is -0.353 e. The molecule has 2 fully saturated rings. The number of nitrogens with one attached hydrogen (secondary N) is 1. The number of benzene rings is 1. The molecule has 1 saturated heterocycles. The quantitative estimate of drug-likeness (QED) is 0.826. The van der Waals surface area contributed by atoms with E-state index in [0.717, 1.165) is 41.7 Å². The molecule has 160 valence electrons. The number of rotatable bonds is 4. The van der Waals surface area contributed by atoms with Crippen molar-refractivity contribution in [2.24, 2.45) is 0 Å². The number of piperazine rings is 1. The van der Waals surface area contributed by atoms with E-state index < -0.39 is 0 Å².